The van der Waals surface area contributed by atoms with E-state index in [2.05, 4.69) is 0 Å². The Morgan fingerprint density at radius 1 is 1.04 bits per heavy atom. The molecule has 0 aliphatic rings. The Hall–Kier alpha value is -1.94. The van der Waals surface area contributed by atoms with Crippen LogP contribution in [-0.2, 0) is 31.6 Å². The highest BCUT2D eigenvalue weighted by Crippen LogP contribution is 2.44. The van der Waals surface area contributed by atoms with Gasteiger partial charge in [-0.3, -0.25) is 9.09 Å². The molecule has 6 heteroatoms. The highest BCUT2D eigenvalue weighted by Gasteiger charge is 2.27. The maximum Gasteiger partial charge on any atom is 0.335 e. The molecule has 0 radical (unpaired) electrons. The van der Waals surface area contributed by atoms with E-state index in [1.165, 1.54) is 6.92 Å². The number of aryl methyl sites for hydroxylation is 1. The molecule has 0 aromatic heterocycles. The average Bonchev–Trinajstić information content (AvgIpc) is 2.61. The van der Waals surface area contributed by atoms with E-state index in [9.17, 15) is 14.3 Å². The molecule has 0 saturated carbocycles. The summed E-state index contributed by atoms with van der Waals surface area (Å²) in [5.41, 5.74) is 1.94. The minimum Gasteiger partial charge on any atom is -0.459 e. The molecule has 1 unspecified atom stereocenters. The van der Waals surface area contributed by atoms with Crippen molar-refractivity contribution >= 4 is 13.6 Å². The van der Waals surface area contributed by atoms with Gasteiger partial charge in [-0.2, -0.15) is 0 Å². The van der Waals surface area contributed by atoms with E-state index in [1.807, 2.05) is 60.7 Å². The van der Waals surface area contributed by atoms with Crippen LogP contribution in [0.3, 0.4) is 0 Å². The number of hydrogen-bond acceptors (Lipinski definition) is 4. The minimum atomic E-state index is -3.84. The SMILES string of the molecule is C[C@H](OP(=O)(O)CCCc1ccccc1)C(=O)OCc1ccccc1. The molecule has 25 heavy (non-hydrogen) atoms. The van der Waals surface area contributed by atoms with Gasteiger partial charge in [0.25, 0.3) is 0 Å². The molecular formula is C19H23O5P. The number of ether oxygens (including phenoxy) is 1. The molecule has 2 aromatic rings. The number of carbonyl (C=O) groups is 1. The van der Waals surface area contributed by atoms with Gasteiger partial charge in [0.2, 0.25) is 0 Å². The van der Waals surface area contributed by atoms with Crippen LogP contribution in [0, 0.1) is 0 Å². The van der Waals surface area contributed by atoms with Gasteiger partial charge in [0.15, 0.2) is 6.10 Å². The van der Waals surface area contributed by atoms with Crippen LogP contribution in [0.2, 0.25) is 0 Å². The molecule has 0 fully saturated rings. The van der Waals surface area contributed by atoms with E-state index in [0.29, 0.717) is 12.8 Å². The summed E-state index contributed by atoms with van der Waals surface area (Å²) in [6.45, 7) is 1.53. The van der Waals surface area contributed by atoms with Gasteiger partial charge >= 0.3 is 13.6 Å². The molecule has 0 aliphatic heterocycles. The Balaban J connectivity index is 1.74. The molecule has 2 rings (SSSR count). The van der Waals surface area contributed by atoms with Crippen molar-refractivity contribution in [2.24, 2.45) is 0 Å². The van der Waals surface area contributed by atoms with Gasteiger partial charge in [-0.05, 0) is 30.9 Å². The van der Waals surface area contributed by atoms with Gasteiger partial charge in [-0.25, -0.2) is 4.79 Å². The smallest absolute Gasteiger partial charge is 0.335 e. The molecule has 0 heterocycles. The predicted molar refractivity (Wildman–Crippen MR) is 96.2 cm³/mol. The summed E-state index contributed by atoms with van der Waals surface area (Å²) in [4.78, 5) is 21.8. The zero-order valence-corrected chi connectivity index (χ0v) is 15.1. The van der Waals surface area contributed by atoms with Crippen molar-refractivity contribution in [1.82, 2.24) is 0 Å². The van der Waals surface area contributed by atoms with Crippen molar-refractivity contribution in [2.45, 2.75) is 32.5 Å². The molecule has 0 spiro atoms. The molecule has 0 bridgehead atoms. The fourth-order valence-corrected chi connectivity index (χ4v) is 3.56. The quantitative estimate of drug-likeness (QED) is 0.540. The summed E-state index contributed by atoms with van der Waals surface area (Å²) in [6.07, 6.45) is 0.0971. The zero-order valence-electron chi connectivity index (χ0n) is 14.2. The number of esters is 1. The first-order valence-corrected chi connectivity index (χ1v) is 9.97. The van der Waals surface area contributed by atoms with Crippen molar-refractivity contribution in [3.8, 4) is 0 Å². The lowest BCUT2D eigenvalue weighted by atomic mass is 10.1. The van der Waals surface area contributed by atoms with Crippen molar-refractivity contribution in [3.05, 3.63) is 71.8 Å². The second-order valence-electron chi connectivity index (χ2n) is 5.79. The molecule has 5 nitrogen and oxygen atoms in total. The maximum absolute atomic E-state index is 12.1. The van der Waals surface area contributed by atoms with Gasteiger partial charge in [-0.15, -0.1) is 0 Å². The molecule has 2 atom stereocenters. The van der Waals surface area contributed by atoms with Gasteiger partial charge < -0.3 is 9.63 Å². The Morgan fingerprint density at radius 3 is 2.20 bits per heavy atom. The second kappa shape index (κ2) is 9.52. The first-order chi connectivity index (χ1) is 12.0. The maximum atomic E-state index is 12.1. The van der Waals surface area contributed by atoms with Crippen molar-refractivity contribution in [2.75, 3.05) is 6.16 Å². The van der Waals surface area contributed by atoms with E-state index in [4.69, 9.17) is 9.26 Å². The van der Waals surface area contributed by atoms with Crippen LogP contribution in [0.1, 0.15) is 24.5 Å². The molecule has 0 aliphatic carbocycles. The van der Waals surface area contributed by atoms with E-state index in [-0.39, 0.29) is 12.8 Å². The number of hydrogen-bond donors (Lipinski definition) is 1. The van der Waals surface area contributed by atoms with Crippen LogP contribution in [0.15, 0.2) is 60.7 Å². The first kappa shape index (κ1) is 19.4. The molecule has 0 amide bonds. The molecular weight excluding hydrogens is 339 g/mol. The van der Waals surface area contributed by atoms with Crippen molar-refractivity contribution < 1.29 is 23.5 Å². The van der Waals surface area contributed by atoms with Crippen LogP contribution in [0.5, 0.6) is 0 Å². The summed E-state index contributed by atoms with van der Waals surface area (Å²) < 4.78 is 22.3. The summed E-state index contributed by atoms with van der Waals surface area (Å²) in [5, 5.41) is 0. The van der Waals surface area contributed by atoms with Gasteiger partial charge in [0.1, 0.15) is 6.61 Å². The third kappa shape index (κ3) is 7.22. The average molecular weight is 362 g/mol. The summed E-state index contributed by atoms with van der Waals surface area (Å²) in [6, 6.07) is 18.9. The van der Waals surface area contributed by atoms with Crippen LogP contribution in [0.4, 0.5) is 0 Å². The Bertz CT molecular complexity index is 702. The topological polar surface area (TPSA) is 72.8 Å². The van der Waals surface area contributed by atoms with E-state index >= 15 is 0 Å². The van der Waals surface area contributed by atoms with Crippen molar-refractivity contribution in [3.63, 3.8) is 0 Å². The number of benzene rings is 2. The van der Waals surface area contributed by atoms with Gasteiger partial charge in [-0.1, -0.05) is 60.7 Å². The Labute approximate surface area is 148 Å². The Morgan fingerprint density at radius 2 is 1.60 bits per heavy atom. The third-order valence-electron chi connectivity index (χ3n) is 3.63. The normalized spacial score (nSPS) is 14.5. The van der Waals surface area contributed by atoms with Gasteiger partial charge in [0.05, 0.1) is 6.16 Å². The van der Waals surface area contributed by atoms with Gasteiger partial charge in [0, 0.05) is 0 Å². The summed E-state index contributed by atoms with van der Waals surface area (Å²) in [7, 11) is -3.84. The molecule has 134 valence electrons. The zero-order chi connectivity index (χ0) is 18.1. The fourth-order valence-electron chi connectivity index (χ4n) is 2.32. The third-order valence-corrected chi connectivity index (χ3v) is 5.15. The lowest BCUT2D eigenvalue weighted by Crippen LogP contribution is -2.22. The lowest BCUT2D eigenvalue weighted by molar-refractivity contribution is -0.152. The van der Waals surface area contributed by atoms with E-state index < -0.39 is 19.7 Å². The second-order valence-corrected chi connectivity index (χ2v) is 7.72. The summed E-state index contributed by atoms with van der Waals surface area (Å²) >= 11 is 0. The monoisotopic (exact) mass is 362 g/mol. The van der Waals surface area contributed by atoms with Crippen molar-refractivity contribution in [1.29, 1.82) is 0 Å². The largest absolute Gasteiger partial charge is 0.459 e. The minimum absolute atomic E-state index is 0.00179. The lowest BCUT2D eigenvalue weighted by Gasteiger charge is -2.17. The number of rotatable bonds is 9. The highest BCUT2D eigenvalue weighted by atomic mass is 31.2. The van der Waals surface area contributed by atoms with Crippen LogP contribution in [-0.4, -0.2) is 23.1 Å². The van der Waals surface area contributed by atoms with E-state index in [0.717, 1.165) is 11.1 Å². The Kier molecular flexibility index (Phi) is 7.38. The first-order valence-electron chi connectivity index (χ1n) is 8.21. The molecule has 0 saturated heterocycles. The molecule has 2 aromatic carbocycles. The summed E-state index contributed by atoms with van der Waals surface area (Å²) in [5.74, 6) is -0.652. The van der Waals surface area contributed by atoms with Crippen LogP contribution < -0.4 is 0 Å². The molecule has 1 N–H and O–H groups in total. The fraction of sp³-hybridized carbons (Fsp3) is 0.316. The highest BCUT2D eigenvalue weighted by molar-refractivity contribution is 7.52. The predicted octanol–water partition coefficient (Wildman–Crippen LogP) is 3.95. The van der Waals surface area contributed by atoms with Crippen LogP contribution in [0.25, 0.3) is 0 Å². The number of carbonyl (C=O) groups excluding carboxylic acids is 1. The standard InChI is InChI=1S/C19H23O5P/c1-16(19(20)23-15-18-11-6-3-7-12-18)24-25(21,22)14-8-13-17-9-4-2-5-10-17/h2-7,9-12,16H,8,13-15H2,1H3,(H,21,22)/t16-/m0/s1. The van der Waals surface area contributed by atoms with E-state index in [1.54, 1.807) is 0 Å². The van der Waals surface area contributed by atoms with Crippen LogP contribution >= 0.6 is 7.60 Å².